The maximum Gasteiger partial charge on any atom is 0.303 e. The minimum Gasteiger partial charge on any atom is -0.481 e. The molecule has 0 atom stereocenters. The Balaban J connectivity index is 1.85. The average Bonchev–Trinajstić information content (AvgIpc) is 3.20. The molecular formula is C23H25NO2S. The molecule has 0 fully saturated rings. The number of hydrogen-bond acceptors (Lipinski definition) is 3. The molecule has 1 aliphatic rings. The molecule has 0 saturated heterocycles. The van der Waals surface area contributed by atoms with Crippen molar-refractivity contribution in [1.82, 2.24) is 4.98 Å². The largest absolute Gasteiger partial charge is 0.481 e. The van der Waals surface area contributed by atoms with Gasteiger partial charge < -0.3 is 5.11 Å². The summed E-state index contributed by atoms with van der Waals surface area (Å²) < 4.78 is 0. The molecule has 3 nitrogen and oxygen atoms in total. The number of unbranched alkanes of at least 4 members (excludes halogenated alkanes) is 1. The van der Waals surface area contributed by atoms with E-state index in [9.17, 15) is 4.79 Å². The average molecular weight is 380 g/mol. The van der Waals surface area contributed by atoms with Gasteiger partial charge in [0.05, 0.1) is 0 Å². The van der Waals surface area contributed by atoms with Crippen LogP contribution in [0.2, 0.25) is 0 Å². The van der Waals surface area contributed by atoms with Crippen molar-refractivity contribution < 1.29 is 9.90 Å². The van der Waals surface area contributed by atoms with E-state index in [1.54, 1.807) is 0 Å². The lowest BCUT2D eigenvalue weighted by molar-refractivity contribution is -0.137. The zero-order chi connectivity index (χ0) is 19.0. The summed E-state index contributed by atoms with van der Waals surface area (Å²) in [5.41, 5.74) is 7.76. The number of aliphatic carboxylic acids is 1. The van der Waals surface area contributed by atoms with E-state index < -0.39 is 5.97 Å². The Kier molecular flexibility index (Phi) is 5.00. The highest BCUT2D eigenvalue weighted by Gasteiger charge is 2.24. The lowest BCUT2D eigenvalue weighted by Crippen LogP contribution is -2.01. The van der Waals surface area contributed by atoms with Gasteiger partial charge in [-0.3, -0.25) is 4.79 Å². The van der Waals surface area contributed by atoms with E-state index in [0.717, 1.165) is 25.0 Å². The number of carboxylic acids is 1. The fourth-order valence-corrected chi connectivity index (χ4v) is 5.52. The Morgan fingerprint density at radius 3 is 2.67 bits per heavy atom. The van der Waals surface area contributed by atoms with Crippen molar-refractivity contribution in [3.63, 3.8) is 0 Å². The molecule has 1 aliphatic carbocycles. The van der Waals surface area contributed by atoms with Crippen molar-refractivity contribution in [2.75, 3.05) is 0 Å². The van der Waals surface area contributed by atoms with Gasteiger partial charge >= 0.3 is 5.97 Å². The second kappa shape index (κ2) is 7.43. The van der Waals surface area contributed by atoms with Crippen molar-refractivity contribution in [3.05, 3.63) is 51.5 Å². The van der Waals surface area contributed by atoms with Crippen molar-refractivity contribution in [2.45, 2.75) is 58.8 Å². The lowest BCUT2D eigenvalue weighted by Gasteiger charge is -2.15. The highest BCUT2D eigenvalue weighted by Crippen LogP contribution is 2.44. The zero-order valence-corrected chi connectivity index (χ0v) is 16.8. The van der Waals surface area contributed by atoms with Crippen LogP contribution in [-0.4, -0.2) is 16.1 Å². The topological polar surface area (TPSA) is 50.2 Å². The Labute approximate surface area is 164 Å². The van der Waals surface area contributed by atoms with Gasteiger partial charge in [0.25, 0.3) is 0 Å². The second-order valence-corrected chi connectivity index (χ2v) is 8.64. The number of thiophene rings is 1. The molecule has 0 unspecified atom stereocenters. The van der Waals surface area contributed by atoms with Gasteiger partial charge in [-0.05, 0) is 74.6 Å². The van der Waals surface area contributed by atoms with E-state index in [0.29, 0.717) is 6.42 Å². The number of benzene rings is 1. The minimum atomic E-state index is -0.713. The van der Waals surface area contributed by atoms with E-state index in [4.69, 9.17) is 10.1 Å². The molecule has 140 valence electrons. The third-order valence-corrected chi connectivity index (χ3v) is 6.75. The summed E-state index contributed by atoms with van der Waals surface area (Å²) in [5.74, 6) is -0.713. The summed E-state index contributed by atoms with van der Waals surface area (Å²) in [6.45, 7) is 4.22. The van der Waals surface area contributed by atoms with Crippen molar-refractivity contribution >= 4 is 27.5 Å². The first kappa shape index (κ1) is 18.2. The third-order valence-electron chi connectivity index (χ3n) is 5.57. The minimum absolute atomic E-state index is 0.239. The van der Waals surface area contributed by atoms with Crippen LogP contribution < -0.4 is 0 Å². The molecule has 3 aromatic rings. The second-order valence-electron chi connectivity index (χ2n) is 7.56. The molecule has 1 N–H and O–H groups in total. The number of carboxylic acid groups (broad SMARTS) is 1. The first-order chi connectivity index (χ1) is 13.0. The summed E-state index contributed by atoms with van der Waals surface area (Å²) in [7, 11) is 0. The molecule has 0 amide bonds. The quantitative estimate of drug-likeness (QED) is 0.545. The van der Waals surface area contributed by atoms with Crippen molar-refractivity contribution in [1.29, 1.82) is 0 Å². The SMILES string of the molecule is Cc1ccc(-c2c(CCCCC(=O)O)c(C)nc3sc4c(c23)CCC4)cc1. The van der Waals surface area contributed by atoms with Crippen molar-refractivity contribution in [3.8, 4) is 11.1 Å². The predicted molar refractivity (Wildman–Crippen MR) is 112 cm³/mol. The molecule has 0 saturated carbocycles. The van der Waals surface area contributed by atoms with E-state index >= 15 is 0 Å². The standard InChI is InChI=1S/C23H25NO2S/c1-14-10-12-16(13-11-14)21-17(6-3-4-9-20(25)26)15(2)24-23-22(21)18-7-5-8-19(18)27-23/h10-13H,3-9H2,1-2H3,(H,25,26). The molecule has 27 heavy (non-hydrogen) atoms. The smallest absolute Gasteiger partial charge is 0.303 e. The summed E-state index contributed by atoms with van der Waals surface area (Å²) >= 11 is 1.86. The van der Waals surface area contributed by atoms with Crippen LogP contribution in [0.5, 0.6) is 0 Å². The number of hydrogen-bond donors (Lipinski definition) is 1. The van der Waals surface area contributed by atoms with Gasteiger partial charge in [0.15, 0.2) is 0 Å². The van der Waals surface area contributed by atoms with Crippen LogP contribution in [0.15, 0.2) is 24.3 Å². The number of pyridine rings is 1. The van der Waals surface area contributed by atoms with E-state index in [1.807, 2.05) is 11.3 Å². The molecule has 4 rings (SSSR count). The van der Waals surface area contributed by atoms with Gasteiger partial charge in [0, 0.05) is 22.4 Å². The molecule has 2 aromatic heterocycles. The van der Waals surface area contributed by atoms with Gasteiger partial charge in [0.1, 0.15) is 4.83 Å². The summed E-state index contributed by atoms with van der Waals surface area (Å²) in [5, 5.41) is 10.3. The first-order valence-corrected chi connectivity index (χ1v) is 10.6. The van der Waals surface area contributed by atoms with E-state index in [-0.39, 0.29) is 6.42 Å². The summed E-state index contributed by atoms with van der Waals surface area (Å²) in [6, 6.07) is 8.81. The lowest BCUT2D eigenvalue weighted by atomic mass is 9.91. The number of nitrogens with zero attached hydrogens (tertiary/aromatic N) is 1. The Bertz CT molecular complexity index is 1000. The van der Waals surface area contributed by atoms with Crippen LogP contribution in [0, 0.1) is 13.8 Å². The van der Waals surface area contributed by atoms with Crippen LogP contribution in [0.25, 0.3) is 21.3 Å². The highest BCUT2D eigenvalue weighted by molar-refractivity contribution is 7.19. The number of aryl methyl sites for hydroxylation is 4. The Morgan fingerprint density at radius 2 is 1.93 bits per heavy atom. The van der Waals surface area contributed by atoms with E-state index in [2.05, 4.69) is 38.1 Å². The van der Waals surface area contributed by atoms with Gasteiger partial charge in [0.2, 0.25) is 0 Å². The van der Waals surface area contributed by atoms with Gasteiger partial charge in [-0.2, -0.15) is 0 Å². The van der Waals surface area contributed by atoms with E-state index in [1.165, 1.54) is 55.8 Å². The maximum atomic E-state index is 10.9. The van der Waals surface area contributed by atoms with Crippen LogP contribution in [0.1, 0.15) is 52.9 Å². The number of fused-ring (bicyclic) bond motifs is 3. The molecule has 0 radical (unpaired) electrons. The first-order valence-electron chi connectivity index (χ1n) is 9.77. The monoisotopic (exact) mass is 379 g/mol. The van der Waals surface area contributed by atoms with Gasteiger partial charge in [-0.15, -0.1) is 11.3 Å². The van der Waals surface area contributed by atoms with Gasteiger partial charge in [-0.25, -0.2) is 4.98 Å². The Morgan fingerprint density at radius 1 is 1.15 bits per heavy atom. The molecule has 0 spiro atoms. The fourth-order valence-electron chi connectivity index (χ4n) is 4.20. The molecule has 1 aromatic carbocycles. The van der Waals surface area contributed by atoms with Crippen LogP contribution in [0.3, 0.4) is 0 Å². The molecule has 2 heterocycles. The fraction of sp³-hybridized carbons (Fsp3) is 0.391. The molecular weight excluding hydrogens is 354 g/mol. The van der Waals surface area contributed by atoms with Crippen LogP contribution in [0.4, 0.5) is 0 Å². The van der Waals surface area contributed by atoms with Crippen molar-refractivity contribution in [2.24, 2.45) is 0 Å². The highest BCUT2D eigenvalue weighted by atomic mass is 32.1. The summed E-state index contributed by atoms with van der Waals surface area (Å²) in [4.78, 5) is 18.5. The van der Waals surface area contributed by atoms with Gasteiger partial charge in [-0.1, -0.05) is 29.8 Å². The Hall–Kier alpha value is -2.20. The van der Waals surface area contributed by atoms with Crippen LogP contribution >= 0.6 is 11.3 Å². The predicted octanol–water partition coefficient (Wildman–Crippen LogP) is 5.87. The number of aromatic nitrogens is 1. The maximum absolute atomic E-state index is 10.9. The molecule has 0 aliphatic heterocycles. The molecule has 0 bridgehead atoms. The van der Waals surface area contributed by atoms with Crippen LogP contribution in [-0.2, 0) is 24.1 Å². The normalized spacial score (nSPS) is 13.3. The number of carbonyl (C=O) groups is 1. The molecule has 4 heteroatoms. The third kappa shape index (κ3) is 3.51. The summed E-state index contributed by atoms with van der Waals surface area (Å²) in [6.07, 6.45) is 6.28. The zero-order valence-electron chi connectivity index (χ0n) is 16.0. The number of rotatable bonds is 6.